The second kappa shape index (κ2) is 13.3. The Balaban J connectivity index is 1.38. The molecule has 1 heterocycles. The van der Waals surface area contributed by atoms with Gasteiger partial charge < -0.3 is 26.0 Å². The van der Waals surface area contributed by atoms with E-state index in [1.807, 2.05) is 30.3 Å². The first-order chi connectivity index (χ1) is 18.8. The largest absolute Gasteiger partial charge is 0.445 e. The summed E-state index contributed by atoms with van der Waals surface area (Å²) in [7, 11) is 0. The molecule has 4 amide bonds. The Morgan fingerprint density at radius 2 is 1.69 bits per heavy atom. The van der Waals surface area contributed by atoms with Gasteiger partial charge in [-0.3, -0.25) is 19.2 Å². The molecule has 2 saturated carbocycles. The fourth-order valence-electron chi connectivity index (χ4n) is 5.42. The summed E-state index contributed by atoms with van der Waals surface area (Å²) in [5.74, 6) is -1.18. The van der Waals surface area contributed by atoms with Crippen LogP contribution >= 0.6 is 12.6 Å². The topological polar surface area (TPSA) is 143 Å². The van der Waals surface area contributed by atoms with E-state index < -0.39 is 40.6 Å². The van der Waals surface area contributed by atoms with Crippen LogP contribution in [0.2, 0.25) is 0 Å². The Bertz CT molecular complexity index is 1060. The fourth-order valence-corrected chi connectivity index (χ4v) is 5.59. The van der Waals surface area contributed by atoms with Crippen LogP contribution in [0.15, 0.2) is 30.3 Å². The molecule has 1 aromatic carbocycles. The van der Waals surface area contributed by atoms with Crippen molar-refractivity contribution in [1.82, 2.24) is 21.3 Å². The van der Waals surface area contributed by atoms with Gasteiger partial charge in [-0.05, 0) is 43.6 Å². The number of carbonyl (C=O) groups excluding carboxylic acids is 5. The van der Waals surface area contributed by atoms with E-state index in [-0.39, 0.29) is 30.8 Å². The maximum atomic E-state index is 13.4. The van der Waals surface area contributed by atoms with E-state index in [1.165, 1.54) is 0 Å². The average Bonchev–Trinajstić information content (AvgIpc) is 3.60. The lowest BCUT2D eigenvalue weighted by Crippen LogP contribution is -2.57. The highest BCUT2D eigenvalue weighted by Gasteiger charge is 2.52. The molecule has 0 radical (unpaired) electrons. The van der Waals surface area contributed by atoms with E-state index >= 15 is 0 Å². The van der Waals surface area contributed by atoms with E-state index in [1.54, 1.807) is 0 Å². The molecule has 4 N–H and O–H groups in total. The molecule has 212 valence electrons. The van der Waals surface area contributed by atoms with Gasteiger partial charge in [0.1, 0.15) is 18.2 Å². The zero-order valence-electron chi connectivity index (χ0n) is 22.1. The molecule has 0 bridgehead atoms. The van der Waals surface area contributed by atoms with Crippen molar-refractivity contribution >= 4 is 41.6 Å². The van der Waals surface area contributed by atoms with E-state index in [2.05, 4.69) is 33.9 Å². The SMILES string of the molecule is O=C(NC1(C(=O)N[C@@H](CC2CCCCC2)C(=O)N[C@@H](C[C@@H]2CCNC2=O)C(=O)S)CC1)OCc1ccccc1. The lowest BCUT2D eigenvalue weighted by molar-refractivity contribution is -0.132. The number of nitrogens with one attached hydrogen (secondary N) is 4. The van der Waals surface area contributed by atoms with Crippen molar-refractivity contribution in [1.29, 1.82) is 0 Å². The third-order valence-electron chi connectivity index (χ3n) is 7.95. The van der Waals surface area contributed by atoms with Crippen molar-refractivity contribution in [2.45, 2.75) is 88.4 Å². The van der Waals surface area contributed by atoms with Crippen molar-refractivity contribution in [2.24, 2.45) is 11.8 Å². The normalized spacial score (nSPS) is 21.7. The first-order valence-electron chi connectivity index (χ1n) is 13.9. The number of carbonyl (C=O) groups is 5. The van der Waals surface area contributed by atoms with Gasteiger partial charge in [0.2, 0.25) is 22.8 Å². The quantitative estimate of drug-likeness (QED) is 0.249. The number of hydrogen-bond acceptors (Lipinski definition) is 6. The van der Waals surface area contributed by atoms with Gasteiger partial charge in [-0.2, -0.15) is 0 Å². The Morgan fingerprint density at radius 1 is 0.974 bits per heavy atom. The molecule has 0 unspecified atom stereocenters. The average molecular weight is 559 g/mol. The van der Waals surface area contributed by atoms with E-state index in [4.69, 9.17) is 4.74 Å². The molecule has 1 aromatic rings. The van der Waals surface area contributed by atoms with Crippen LogP contribution in [0, 0.1) is 11.8 Å². The molecule has 10 nitrogen and oxygen atoms in total. The summed E-state index contributed by atoms with van der Waals surface area (Å²) in [6.45, 7) is 0.614. The number of hydrogen-bond donors (Lipinski definition) is 5. The minimum absolute atomic E-state index is 0.0786. The molecule has 2 aliphatic carbocycles. The third-order valence-corrected chi connectivity index (χ3v) is 8.26. The van der Waals surface area contributed by atoms with Gasteiger partial charge in [0.05, 0.1) is 6.04 Å². The first-order valence-corrected chi connectivity index (χ1v) is 14.3. The van der Waals surface area contributed by atoms with Crippen LogP contribution in [-0.4, -0.2) is 53.1 Å². The third kappa shape index (κ3) is 8.20. The van der Waals surface area contributed by atoms with E-state index in [0.717, 1.165) is 37.7 Å². The van der Waals surface area contributed by atoms with Gasteiger partial charge in [0, 0.05) is 12.5 Å². The predicted molar refractivity (Wildman–Crippen MR) is 147 cm³/mol. The van der Waals surface area contributed by atoms with Crippen molar-refractivity contribution in [3.05, 3.63) is 35.9 Å². The zero-order chi connectivity index (χ0) is 27.8. The highest BCUT2D eigenvalue weighted by molar-refractivity contribution is 7.96. The maximum absolute atomic E-state index is 13.4. The van der Waals surface area contributed by atoms with Gasteiger partial charge in [0.25, 0.3) is 0 Å². The molecule has 3 fully saturated rings. The van der Waals surface area contributed by atoms with Crippen LogP contribution in [0.1, 0.15) is 69.8 Å². The fraction of sp³-hybridized carbons (Fsp3) is 0.607. The van der Waals surface area contributed by atoms with Crippen LogP contribution in [0.5, 0.6) is 0 Å². The lowest BCUT2D eigenvalue weighted by Gasteiger charge is -2.29. The Labute approximate surface area is 234 Å². The maximum Gasteiger partial charge on any atom is 0.408 e. The molecular formula is C28H38N4O6S. The summed E-state index contributed by atoms with van der Waals surface area (Å²) in [5, 5.41) is 10.5. The molecular weight excluding hydrogens is 520 g/mol. The monoisotopic (exact) mass is 558 g/mol. The molecule has 3 atom stereocenters. The van der Waals surface area contributed by atoms with Crippen LogP contribution in [0.4, 0.5) is 4.79 Å². The Morgan fingerprint density at radius 3 is 2.31 bits per heavy atom. The number of ether oxygens (including phenoxy) is 1. The smallest absolute Gasteiger partial charge is 0.408 e. The molecule has 39 heavy (non-hydrogen) atoms. The number of thiol groups is 1. The van der Waals surface area contributed by atoms with Crippen LogP contribution in [-0.2, 0) is 30.5 Å². The van der Waals surface area contributed by atoms with Crippen molar-refractivity contribution in [2.75, 3.05) is 6.54 Å². The van der Waals surface area contributed by atoms with E-state index in [9.17, 15) is 24.0 Å². The standard InChI is InChI=1S/C28H38N4O6S/c33-23-20(11-14-29-23)16-22(25(35)39)30-24(34)21(15-18-7-3-1-4-8-18)31-26(36)28(12-13-28)32-27(37)38-17-19-9-5-2-6-10-19/h2,5-6,9-10,18,20-22H,1,3-4,7-8,11-17H2,(H,29,33)(H,30,34)(H,31,36)(H,32,37)(H,35,39)/t20-,21-,22-/m0/s1. The Kier molecular flexibility index (Phi) is 9.88. The molecule has 11 heteroatoms. The summed E-state index contributed by atoms with van der Waals surface area (Å²) in [5.41, 5.74) is -0.297. The molecule has 3 aliphatic rings. The highest BCUT2D eigenvalue weighted by Crippen LogP contribution is 2.36. The van der Waals surface area contributed by atoms with Crippen LogP contribution in [0.25, 0.3) is 0 Å². The Hall–Kier alpha value is -3.08. The minimum Gasteiger partial charge on any atom is -0.445 e. The molecule has 0 spiro atoms. The number of amides is 4. The van der Waals surface area contributed by atoms with Gasteiger partial charge >= 0.3 is 6.09 Å². The number of alkyl carbamates (subject to hydrolysis) is 1. The summed E-state index contributed by atoms with van der Waals surface area (Å²) in [6, 6.07) is 7.41. The number of benzene rings is 1. The molecule has 4 rings (SSSR count). The minimum atomic E-state index is -1.13. The van der Waals surface area contributed by atoms with Gasteiger partial charge in [0.15, 0.2) is 0 Å². The predicted octanol–water partition coefficient (Wildman–Crippen LogP) is 2.37. The first kappa shape index (κ1) is 28.9. The van der Waals surface area contributed by atoms with Crippen molar-refractivity contribution in [3.63, 3.8) is 0 Å². The number of rotatable bonds is 12. The highest BCUT2D eigenvalue weighted by atomic mass is 32.1. The van der Waals surface area contributed by atoms with Crippen molar-refractivity contribution in [3.8, 4) is 0 Å². The second-order valence-electron chi connectivity index (χ2n) is 10.9. The summed E-state index contributed by atoms with van der Waals surface area (Å²) >= 11 is 3.94. The molecule has 0 aromatic heterocycles. The van der Waals surface area contributed by atoms with Gasteiger partial charge in [-0.1, -0.05) is 62.4 Å². The zero-order valence-corrected chi connectivity index (χ0v) is 23.0. The second-order valence-corrected chi connectivity index (χ2v) is 11.4. The van der Waals surface area contributed by atoms with Crippen LogP contribution < -0.4 is 21.3 Å². The van der Waals surface area contributed by atoms with Gasteiger partial charge in [-0.25, -0.2) is 4.79 Å². The summed E-state index contributed by atoms with van der Waals surface area (Å²) in [6.07, 6.45) is 6.57. The van der Waals surface area contributed by atoms with Crippen molar-refractivity contribution < 1.29 is 28.7 Å². The molecule has 1 saturated heterocycles. The summed E-state index contributed by atoms with van der Waals surface area (Å²) < 4.78 is 5.29. The summed E-state index contributed by atoms with van der Waals surface area (Å²) in [4.78, 5) is 63.5. The molecule has 1 aliphatic heterocycles. The lowest BCUT2D eigenvalue weighted by atomic mass is 9.84. The van der Waals surface area contributed by atoms with E-state index in [0.29, 0.717) is 32.2 Å². The van der Waals surface area contributed by atoms with Crippen LogP contribution in [0.3, 0.4) is 0 Å². The van der Waals surface area contributed by atoms with Gasteiger partial charge in [-0.15, -0.1) is 12.6 Å².